The number of nitrogens with zero attached hydrogens (tertiary/aromatic N) is 1. The number of hydrogen-bond acceptors (Lipinski definition) is 3. The van der Waals surface area contributed by atoms with Gasteiger partial charge in [-0.3, -0.25) is 9.59 Å². The molecular formula is C21H26N2O3. The summed E-state index contributed by atoms with van der Waals surface area (Å²) in [6.45, 7) is 7.56. The third-order valence-corrected chi connectivity index (χ3v) is 4.18. The smallest absolute Gasteiger partial charge is 0.251 e. The maximum Gasteiger partial charge on any atom is 0.251 e. The molecule has 0 unspecified atom stereocenters. The molecule has 2 rings (SSSR count). The Balaban J connectivity index is 1.91. The van der Waals surface area contributed by atoms with Gasteiger partial charge in [0.1, 0.15) is 5.75 Å². The molecule has 5 nitrogen and oxygen atoms in total. The molecule has 2 aromatic carbocycles. The predicted octanol–water partition coefficient (Wildman–Crippen LogP) is 3.17. The van der Waals surface area contributed by atoms with E-state index in [1.165, 1.54) is 0 Å². The van der Waals surface area contributed by atoms with Crippen molar-refractivity contribution < 1.29 is 14.3 Å². The number of hydrogen-bond donors (Lipinski definition) is 1. The number of aryl methyl sites for hydroxylation is 1. The van der Waals surface area contributed by atoms with E-state index < -0.39 is 0 Å². The second kappa shape index (κ2) is 9.61. The Morgan fingerprint density at radius 1 is 1.04 bits per heavy atom. The van der Waals surface area contributed by atoms with Gasteiger partial charge in [0.25, 0.3) is 5.91 Å². The Bertz CT molecular complexity index is 741. The van der Waals surface area contributed by atoms with Gasteiger partial charge in [0.05, 0.1) is 13.2 Å². The molecule has 5 heteroatoms. The van der Waals surface area contributed by atoms with Crippen molar-refractivity contribution in [3.8, 4) is 5.75 Å². The summed E-state index contributed by atoms with van der Waals surface area (Å²) in [7, 11) is 0. The molecule has 0 fully saturated rings. The molecule has 26 heavy (non-hydrogen) atoms. The molecule has 0 saturated heterocycles. The largest absolute Gasteiger partial charge is 0.494 e. The minimum atomic E-state index is -0.270. The number of carbonyl (C=O) groups excluding carboxylic acids is 2. The lowest BCUT2D eigenvalue weighted by atomic mass is 10.1. The van der Waals surface area contributed by atoms with Gasteiger partial charge < -0.3 is 15.0 Å². The average molecular weight is 354 g/mol. The Morgan fingerprint density at radius 3 is 2.35 bits per heavy atom. The fourth-order valence-corrected chi connectivity index (χ4v) is 2.61. The van der Waals surface area contributed by atoms with Gasteiger partial charge in [0, 0.05) is 18.7 Å². The normalized spacial score (nSPS) is 10.3. The number of ether oxygens (including phenoxy) is 1. The summed E-state index contributed by atoms with van der Waals surface area (Å²) >= 11 is 0. The van der Waals surface area contributed by atoms with E-state index in [0.29, 0.717) is 25.3 Å². The van der Waals surface area contributed by atoms with Gasteiger partial charge in [-0.2, -0.15) is 0 Å². The van der Waals surface area contributed by atoms with Crippen LogP contribution in [0.5, 0.6) is 5.75 Å². The lowest BCUT2D eigenvalue weighted by molar-refractivity contribution is -0.130. The Hall–Kier alpha value is -2.82. The first kappa shape index (κ1) is 19.5. The summed E-state index contributed by atoms with van der Waals surface area (Å²) in [5.74, 6) is 0.346. The molecule has 0 aliphatic carbocycles. The molecule has 0 spiro atoms. The van der Waals surface area contributed by atoms with Crippen molar-refractivity contribution in [1.82, 2.24) is 10.2 Å². The van der Waals surface area contributed by atoms with Crippen LogP contribution in [0, 0.1) is 6.92 Å². The fraction of sp³-hybridized carbons (Fsp3) is 0.333. The first-order chi connectivity index (χ1) is 12.5. The van der Waals surface area contributed by atoms with E-state index >= 15 is 0 Å². The minimum Gasteiger partial charge on any atom is -0.494 e. The number of benzene rings is 2. The number of carbonyl (C=O) groups is 2. The second-order valence-electron chi connectivity index (χ2n) is 5.97. The monoisotopic (exact) mass is 354 g/mol. The zero-order valence-corrected chi connectivity index (χ0v) is 15.6. The zero-order chi connectivity index (χ0) is 18.9. The molecular weight excluding hydrogens is 328 g/mol. The third kappa shape index (κ3) is 5.34. The first-order valence-electron chi connectivity index (χ1n) is 8.88. The average Bonchev–Trinajstić information content (AvgIpc) is 2.66. The van der Waals surface area contributed by atoms with Crippen molar-refractivity contribution in [2.75, 3.05) is 19.7 Å². The van der Waals surface area contributed by atoms with Crippen molar-refractivity contribution in [1.29, 1.82) is 0 Å². The molecule has 0 radical (unpaired) electrons. The van der Waals surface area contributed by atoms with Gasteiger partial charge in [0.15, 0.2) is 0 Å². The molecule has 138 valence electrons. The highest BCUT2D eigenvalue weighted by molar-refractivity contribution is 5.96. The summed E-state index contributed by atoms with van der Waals surface area (Å²) in [5.41, 5.74) is 2.76. The Kier molecular flexibility index (Phi) is 7.21. The van der Waals surface area contributed by atoms with Crippen molar-refractivity contribution >= 4 is 11.8 Å². The van der Waals surface area contributed by atoms with Crippen molar-refractivity contribution in [3.63, 3.8) is 0 Å². The fourth-order valence-electron chi connectivity index (χ4n) is 2.61. The van der Waals surface area contributed by atoms with Crippen LogP contribution in [0.1, 0.15) is 35.3 Å². The van der Waals surface area contributed by atoms with Crippen LogP contribution in [0.2, 0.25) is 0 Å². The van der Waals surface area contributed by atoms with Crippen LogP contribution in [-0.2, 0) is 11.3 Å². The highest BCUT2D eigenvalue weighted by atomic mass is 16.5. The summed E-state index contributed by atoms with van der Waals surface area (Å²) in [6.07, 6.45) is 0. The van der Waals surface area contributed by atoms with E-state index in [4.69, 9.17) is 4.74 Å². The maximum absolute atomic E-state index is 12.5. The van der Waals surface area contributed by atoms with E-state index in [1.54, 1.807) is 29.2 Å². The van der Waals surface area contributed by atoms with Gasteiger partial charge in [-0.1, -0.05) is 24.3 Å². The maximum atomic E-state index is 12.5. The van der Waals surface area contributed by atoms with Gasteiger partial charge in [-0.25, -0.2) is 0 Å². The number of nitrogens with one attached hydrogen (secondary N) is 1. The van der Waals surface area contributed by atoms with Crippen molar-refractivity contribution in [3.05, 3.63) is 65.2 Å². The Labute approximate surface area is 155 Å². The highest BCUT2D eigenvalue weighted by Gasteiger charge is 2.15. The van der Waals surface area contributed by atoms with Crippen LogP contribution < -0.4 is 10.1 Å². The molecule has 0 bridgehead atoms. The first-order valence-corrected chi connectivity index (χ1v) is 8.88. The van der Waals surface area contributed by atoms with E-state index in [0.717, 1.165) is 16.9 Å². The molecule has 2 aromatic rings. The van der Waals surface area contributed by atoms with Crippen LogP contribution in [-0.4, -0.2) is 36.4 Å². The highest BCUT2D eigenvalue weighted by Crippen LogP contribution is 2.12. The quantitative estimate of drug-likeness (QED) is 0.792. The van der Waals surface area contributed by atoms with Gasteiger partial charge in [-0.15, -0.1) is 0 Å². The van der Waals surface area contributed by atoms with Crippen LogP contribution in [0.15, 0.2) is 48.5 Å². The molecule has 0 atom stereocenters. The Morgan fingerprint density at radius 2 is 1.73 bits per heavy atom. The number of amides is 2. The third-order valence-electron chi connectivity index (χ3n) is 4.18. The second-order valence-corrected chi connectivity index (χ2v) is 5.97. The summed E-state index contributed by atoms with van der Waals surface area (Å²) in [5, 5.41) is 2.69. The molecule has 1 N–H and O–H groups in total. The molecule has 0 aliphatic heterocycles. The van der Waals surface area contributed by atoms with E-state index in [-0.39, 0.29) is 18.4 Å². The molecule has 0 saturated carbocycles. The molecule has 2 amide bonds. The zero-order valence-electron chi connectivity index (χ0n) is 15.6. The molecule has 0 aliphatic rings. The summed E-state index contributed by atoms with van der Waals surface area (Å²) < 4.78 is 5.36. The van der Waals surface area contributed by atoms with Crippen molar-refractivity contribution in [2.24, 2.45) is 0 Å². The predicted molar refractivity (Wildman–Crippen MR) is 102 cm³/mol. The van der Waals surface area contributed by atoms with Gasteiger partial charge in [-0.05, 0) is 56.2 Å². The van der Waals surface area contributed by atoms with Crippen LogP contribution in [0.3, 0.4) is 0 Å². The minimum absolute atomic E-state index is 0.0221. The number of rotatable bonds is 8. The lowest BCUT2D eigenvalue weighted by Gasteiger charge is -2.22. The van der Waals surface area contributed by atoms with Crippen LogP contribution in [0.25, 0.3) is 0 Å². The van der Waals surface area contributed by atoms with Crippen molar-refractivity contribution in [2.45, 2.75) is 27.3 Å². The standard InChI is InChI=1S/C21H26N2O3/c1-4-23(15-18-9-7-6-8-16(18)3)20(24)14-22-21(25)17-10-12-19(13-11-17)26-5-2/h6-13H,4-5,14-15H2,1-3H3,(H,22,25). The SMILES string of the molecule is CCOc1ccc(C(=O)NCC(=O)N(CC)Cc2ccccc2C)cc1. The van der Waals surface area contributed by atoms with Crippen LogP contribution in [0.4, 0.5) is 0 Å². The van der Waals surface area contributed by atoms with Gasteiger partial charge in [0.2, 0.25) is 5.91 Å². The molecule has 0 heterocycles. The van der Waals surface area contributed by atoms with Crippen LogP contribution >= 0.6 is 0 Å². The van der Waals surface area contributed by atoms with Gasteiger partial charge >= 0.3 is 0 Å². The van der Waals surface area contributed by atoms with E-state index in [1.807, 2.05) is 45.0 Å². The lowest BCUT2D eigenvalue weighted by Crippen LogP contribution is -2.39. The summed E-state index contributed by atoms with van der Waals surface area (Å²) in [6, 6.07) is 14.9. The summed E-state index contributed by atoms with van der Waals surface area (Å²) in [4.78, 5) is 26.4. The number of likely N-dealkylation sites (N-methyl/N-ethyl adjacent to an activating group) is 1. The molecule has 0 aromatic heterocycles. The topological polar surface area (TPSA) is 58.6 Å². The van der Waals surface area contributed by atoms with E-state index in [2.05, 4.69) is 5.32 Å². The van der Waals surface area contributed by atoms with E-state index in [9.17, 15) is 9.59 Å².